The van der Waals surface area contributed by atoms with Crippen molar-refractivity contribution in [3.63, 3.8) is 0 Å². The molecule has 1 aliphatic rings. The highest BCUT2D eigenvalue weighted by atomic mass is 19.1. The number of nitrogens with zero attached hydrogens (tertiary/aromatic N) is 2. The van der Waals surface area contributed by atoms with Gasteiger partial charge in [-0.25, -0.2) is 4.39 Å². The molecule has 0 heterocycles. The molecule has 0 saturated heterocycles. The van der Waals surface area contributed by atoms with Crippen molar-refractivity contribution in [3.05, 3.63) is 71.5 Å². The van der Waals surface area contributed by atoms with Crippen molar-refractivity contribution in [1.29, 1.82) is 5.26 Å². The van der Waals surface area contributed by atoms with Crippen LogP contribution in [-0.2, 0) is 11.8 Å². The average molecular weight is 421 g/mol. The van der Waals surface area contributed by atoms with Crippen molar-refractivity contribution in [2.24, 2.45) is 5.92 Å². The van der Waals surface area contributed by atoms with E-state index in [4.69, 9.17) is 0 Å². The quantitative estimate of drug-likeness (QED) is 0.418. The van der Waals surface area contributed by atoms with Gasteiger partial charge in [-0.05, 0) is 70.0 Å². The normalized spacial score (nSPS) is 16.9. The first-order chi connectivity index (χ1) is 15.1. The highest BCUT2D eigenvalue weighted by Crippen LogP contribution is 2.44. The van der Waals surface area contributed by atoms with Gasteiger partial charge in [-0.1, -0.05) is 67.8 Å². The number of hydrogen-bond acceptors (Lipinski definition) is 2. The Morgan fingerprint density at radius 3 is 2.32 bits per heavy atom. The van der Waals surface area contributed by atoms with Crippen LogP contribution in [0.2, 0.25) is 0 Å². The van der Waals surface area contributed by atoms with Gasteiger partial charge in [-0.2, -0.15) is 5.26 Å². The number of rotatable bonds is 10. The lowest BCUT2D eigenvalue weighted by Crippen LogP contribution is -2.38. The van der Waals surface area contributed by atoms with E-state index in [1.54, 1.807) is 6.07 Å². The van der Waals surface area contributed by atoms with Crippen molar-refractivity contribution in [2.45, 2.75) is 76.7 Å². The van der Waals surface area contributed by atoms with E-state index in [0.29, 0.717) is 11.6 Å². The van der Waals surface area contributed by atoms with Crippen molar-refractivity contribution < 1.29 is 4.39 Å². The molecular weight excluding hydrogens is 383 g/mol. The second-order valence-corrected chi connectivity index (χ2v) is 9.37. The maximum absolute atomic E-state index is 14.9. The van der Waals surface area contributed by atoms with Gasteiger partial charge in [0, 0.05) is 18.2 Å². The molecule has 1 aliphatic carbocycles. The van der Waals surface area contributed by atoms with E-state index in [1.165, 1.54) is 18.1 Å². The van der Waals surface area contributed by atoms with Crippen LogP contribution in [0.4, 0.5) is 4.39 Å². The molecule has 0 N–H and O–H groups in total. The molecule has 0 bridgehead atoms. The number of halogens is 1. The fourth-order valence-corrected chi connectivity index (χ4v) is 5.29. The van der Waals surface area contributed by atoms with Crippen LogP contribution in [0.1, 0.15) is 69.9 Å². The van der Waals surface area contributed by atoms with Crippen molar-refractivity contribution in [1.82, 2.24) is 4.90 Å². The average Bonchev–Trinajstić information content (AvgIpc) is 2.80. The number of hydrogen-bond donors (Lipinski definition) is 0. The highest BCUT2D eigenvalue weighted by Gasteiger charge is 2.42. The van der Waals surface area contributed by atoms with Crippen LogP contribution in [0.3, 0.4) is 0 Å². The molecule has 1 unspecified atom stereocenters. The standard InChI is InChI=1S/C28H37FN2/c1-23(2)31(21-18-24-12-5-3-6-13-24)20-11-19-28(22-30,25-14-7-4-8-15-25)26-16-9-10-17-27(26)29/h3,5-6,9-10,12-13,16-17,23,25H,4,7-8,11,14-15,18-21H2,1-2H3. The summed E-state index contributed by atoms with van der Waals surface area (Å²) < 4.78 is 14.9. The molecule has 1 fully saturated rings. The highest BCUT2D eigenvalue weighted by molar-refractivity contribution is 5.35. The van der Waals surface area contributed by atoms with Crippen LogP contribution in [0.15, 0.2) is 54.6 Å². The smallest absolute Gasteiger partial charge is 0.128 e. The minimum absolute atomic E-state index is 0.223. The lowest BCUT2D eigenvalue weighted by molar-refractivity contribution is 0.192. The summed E-state index contributed by atoms with van der Waals surface area (Å²) in [6, 6.07) is 20.7. The van der Waals surface area contributed by atoms with E-state index in [1.807, 2.05) is 12.1 Å². The second kappa shape index (κ2) is 11.4. The predicted molar refractivity (Wildman–Crippen MR) is 126 cm³/mol. The Bertz CT molecular complexity index is 836. The van der Waals surface area contributed by atoms with Crippen LogP contribution in [-0.4, -0.2) is 24.0 Å². The first-order valence-corrected chi connectivity index (χ1v) is 12.0. The zero-order valence-electron chi connectivity index (χ0n) is 19.2. The molecule has 2 aromatic carbocycles. The monoisotopic (exact) mass is 420 g/mol. The third-order valence-corrected chi connectivity index (χ3v) is 7.13. The van der Waals surface area contributed by atoms with Gasteiger partial charge in [-0.3, -0.25) is 0 Å². The van der Waals surface area contributed by atoms with Crippen molar-refractivity contribution >= 4 is 0 Å². The third-order valence-electron chi connectivity index (χ3n) is 7.13. The molecule has 1 atom stereocenters. The van der Waals surface area contributed by atoms with E-state index in [9.17, 15) is 9.65 Å². The van der Waals surface area contributed by atoms with Crippen LogP contribution < -0.4 is 0 Å². The van der Waals surface area contributed by atoms with Gasteiger partial charge in [0.1, 0.15) is 5.82 Å². The molecular formula is C28H37FN2. The Labute approximate surface area is 188 Å². The fraction of sp³-hybridized carbons (Fsp3) is 0.536. The van der Waals surface area contributed by atoms with E-state index >= 15 is 0 Å². The zero-order chi connectivity index (χ0) is 22.1. The lowest BCUT2D eigenvalue weighted by Gasteiger charge is -2.39. The van der Waals surface area contributed by atoms with E-state index in [2.05, 4.69) is 55.1 Å². The SMILES string of the molecule is CC(C)N(CCCC(C#N)(c1ccccc1F)C1CCCCC1)CCc1ccccc1. The summed E-state index contributed by atoms with van der Waals surface area (Å²) in [5.74, 6) is 0.0272. The maximum Gasteiger partial charge on any atom is 0.128 e. The van der Waals surface area contributed by atoms with Crippen LogP contribution in [0.25, 0.3) is 0 Å². The number of nitriles is 1. The summed E-state index contributed by atoms with van der Waals surface area (Å²) in [4.78, 5) is 2.50. The van der Waals surface area contributed by atoms with Gasteiger partial charge in [0.05, 0.1) is 11.5 Å². The van der Waals surface area contributed by atoms with Gasteiger partial charge in [0.15, 0.2) is 0 Å². The zero-order valence-corrected chi connectivity index (χ0v) is 19.2. The molecule has 2 nitrogen and oxygen atoms in total. The van der Waals surface area contributed by atoms with Crippen molar-refractivity contribution in [2.75, 3.05) is 13.1 Å². The van der Waals surface area contributed by atoms with Gasteiger partial charge >= 0.3 is 0 Å². The molecule has 0 amide bonds. The summed E-state index contributed by atoms with van der Waals surface area (Å²) in [5, 5.41) is 10.4. The second-order valence-electron chi connectivity index (χ2n) is 9.37. The molecule has 1 saturated carbocycles. The largest absolute Gasteiger partial charge is 0.301 e. The topological polar surface area (TPSA) is 27.0 Å². The fourth-order valence-electron chi connectivity index (χ4n) is 5.29. The Kier molecular flexibility index (Phi) is 8.67. The maximum atomic E-state index is 14.9. The predicted octanol–water partition coefficient (Wildman–Crippen LogP) is 6.90. The van der Waals surface area contributed by atoms with Crippen LogP contribution >= 0.6 is 0 Å². The molecule has 2 aromatic rings. The first kappa shape index (κ1) is 23.5. The molecule has 31 heavy (non-hydrogen) atoms. The van der Waals surface area contributed by atoms with Crippen LogP contribution in [0.5, 0.6) is 0 Å². The molecule has 3 rings (SSSR count). The molecule has 0 aliphatic heterocycles. The van der Waals surface area contributed by atoms with E-state index in [0.717, 1.165) is 58.0 Å². The van der Waals surface area contributed by atoms with Gasteiger partial charge in [-0.15, -0.1) is 0 Å². The first-order valence-electron chi connectivity index (χ1n) is 12.0. The van der Waals surface area contributed by atoms with Gasteiger partial charge in [0.2, 0.25) is 0 Å². The molecule has 166 valence electrons. The number of benzene rings is 2. The molecule has 3 heteroatoms. The molecule has 0 spiro atoms. The van der Waals surface area contributed by atoms with Gasteiger partial charge < -0.3 is 4.90 Å². The van der Waals surface area contributed by atoms with Crippen LogP contribution in [0, 0.1) is 23.1 Å². The third kappa shape index (κ3) is 5.95. The summed E-state index contributed by atoms with van der Waals surface area (Å²) in [5.41, 5.74) is 1.26. The summed E-state index contributed by atoms with van der Waals surface area (Å²) >= 11 is 0. The van der Waals surface area contributed by atoms with E-state index < -0.39 is 5.41 Å². The summed E-state index contributed by atoms with van der Waals surface area (Å²) in [7, 11) is 0. The van der Waals surface area contributed by atoms with Crippen molar-refractivity contribution in [3.8, 4) is 6.07 Å². The Morgan fingerprint density at radius 1 is 1.00 bits per heavy atom. The Balaban J connectivity index is 1.71. The summed E-state index contributed by atoms with van der Waals surface area (Å²) in [6.07, 6.45) is 8.26. The minimum Gasteiger partial charge on any atom is -0.301 e. The summed E-state index contributed by atoms with van der Waals surface area (Å²) in [6.45, 7) is 6.42. The Morgan fingerprint density at radius 2 is 1.68 bits per heavy atom. The van der Waals surface area contributed by atoms with E-state index in [-0.39, 0.29) is 11.7 Å². The molecule has 0 aromatic heterocycles. The minimum atomic E-state index is -0.714. The van der Waals surface area contributed by atoms with Gasteiger partial charge in [0.25, 0.3) is 0 Å². The Hall–Kier alpha value is -2.18. The lowest BCUT2D eigenvalue weighted by atomic mass is 9.63. The molecule has 0 radical (unpaired) electrons.